The van der Waals surface area contributed by atoms with Crippen LogP contribution < -0.4 is 14.8 Å². The molecule has 0 aliphatic carbocycles. The van der Waals surface area contributed by atoms with Crippen molar-refractivity contribution in [2.75, 3.05) is 39.6 Å². The van der Waals surface area contributed by atoms with Gasteiger partial charge in [-0.15, -0.1) is 0 Å². The Morgan fingerprint density at radius 3 is 2.62 bits per heavy atom. The maximum atomic E-state index is 12.1. The normalized spacial score (nSPS) is 10.4. The fourth-order valence-corrected chi connectivity index (χ4v) is 2.58. The van der Waals surface area contributed by atoms with Gasteiger partial charge in [0.25, 0.3) is 0 Å². The van der Waals surface area contributed by atoms with Crippen molar-refractivity contribution in [3.05, 3.63) is 48.6 Å². The molecule has 2 aromatic carbocycles. The molecule has 0 aliphatic rings. The Balaban J connectivity index is 1.89. The Morgan fingerprint density at radius 2 is 1.90 bits per heavy atom. The van der Waals surface area contributed by atoms with E-state index in [2.05, 4.69) is 11.9 Å². The van der Waals surface area contributed by atoms with Gasteiger partial charge in [0.2, 0.25) is 0 Å². The van der Waals surface area contributed by atoms with Crippen LogP contribution in [0, 0.1) is 6.92 Å². The number of carbonyl (C=O) groups is 2. The van der Waals surface area contributed by atoms with Crippen LogP contribution in [-0.2, 0) is 14.3 Å². The van der Waals surface area contributed by atoms with Gasteiger partial charge in [-0.1, -0.05) is 30.8 Å². The molecule has 0 aliphatic heterocycles. The van der Waals surface area contributed by atoms with Crippen molar-refractivity contribution in [2.24, 2.45) is 0 Å². The van der Waals surface area contributed by atoms with Gasteiger partial charge in [0.15, 0.2) is 0 Å². The van der Waals surface area contributed by atoms with Crippen LogP contribution in [0.3, 0.4) is 0 Å². The van der Waals surface area contributed by atoms with Crippen LogP contribution in [0.4, 0.5) is 4.79 Å². The summed E-state index contributed by atoms with van der Waals surface area (Å²) in [4.78, 5) is 23.0. The van der Waals surface area contributed by atoms with Crippen molar-refractivity contribution < 1.29 is 33.6 Å². The average Bonchev–Trinajstić information content (AvgIpc) is 2.73. The highest BCUT2D eigenvalue weighted by molar-refractivity contribution is 5.95. The molecule has 156 valence electrons. The topological polar surface area (TPSA) is 103 Å². The van der Waals surface area contributed by atoms with Crippen molar-refractivity contribution in [3.8, 4) is 11.5 Å². The maximum absolute atomic E-state index is 12.1. The highest BCUT2D eigenvalue weighted by Gasteiger charge is 2.14. The van der Waals surface area contributed by atoms with E-state index in [-0.39, 0.29) is 39.6 Å². The quantitative estimate of drug-likeness (QED) is 0.337. The molecular weight excluding hydrogens is 378 g/mol. The first kappa shape index (κ1) is 22.2. The van der Waals surface area contributed by atoms with Crippen molar-refractivity contribution >= 4 is 22.8 Å². The average molecular weight is 403 g/mol. The molecule has 0 unspecified atom stereocenters. The summed E-state index contributed by atoms with van der Waals surface area (Å²) in [6.45, 7) is 6.01. The number of ether oxygens (including phenoxy) is 4. The third-order valence-corrected chi connectivity index (χ3v) is 3.84. The third kappa shape index (κ3) is 6.78. The minimum Gasteiger partial charge on any atom is -0.491 e. The number of aliphatic hydroxyl groups excluding tert-OH is 1. The van der Waals surface area contributed by atoms with E-state index in [4.69, 9.17) is 24.1 Å². The fraction of sp³-hybridized carbons (Fsp3) is 0.333. The molecule has 0 heterocycles. The van der Waals surface area contributed by atoms with Gasteiger partial charge < -0.3 is 29.4 Å². The van der Waals surface area contributed by atoms with Crippen molar-refractivity contribution in [1.29, 1.82) is 0 Å². The second-order valence-corrected chi connectivity index (χ2v) is 5.94. The van der Waals surface area contributed by atoms with E-state index in [0.29, 0.717) is 11.5 Å². The summed E-state index contributed by atoms with van der Waals surface area (Å²) in [5, 5.41) is 13.1. The molecule has 0 fully saturated rings. The summed E-state index contributed by atoms with van der Waals surface area (Å²) >= 11 is 0. The predicted octanol–water partition coefficient (Wildman–Crippen LogP) is 2.35. The number of benzene rings is 2. The standard InChI is InChI=1S/C21H25NO7/c1-3-19(24)28-13-12-26-10-8-22-21(25)29-20-15(2)14-18(27-11-9-23)16-6-4-5-7-17(16)20/h3-7,14,23H,1,8-13H2,2H3,(H,22,25). The molecule has 29 heavy (non-hydrogen) atoms. The van der Waals surface area contributed by atoms with Crippen LogP contribution in [0.2, 0.25) is 0 Å². The van der Waals surface area contributed by atoms with Gasteiger partial charge in [-0.3, -0.25) is 0 Å². The smallest absolute Gasteiger partial charge is 0.412 e. The van der Waals surface area contributed by atoms with Crippen LogP contribution in [0.5, 0.6) is 11.5 Å². The molecule has 2 rings (SSSR count). The number of fused-ring (bicyclic) bond motifs is 1. The number of aryl methyl sites for hydroxylation is 1. The Hall–Kier alpha value is -3.10. The molecule has 8 nitrogen and oxygen atoms in total. The van der Waals surface area contributed by atoms with Gasteiger partial charge in [-0.2, -0.15) is 0 Å². The van der Waals surface area contributed by atoms with E-state index in [1.165, 1.54) is 0 Å². The first-order chi connectivity index (χ1) is 14.1. The Morgan fingerprint density at radius 1 is 1.14 bits per heavy atom. The summed E-state index contributed by atoms with van der Waals surface area (Å²) in [5.74, 6) is 0.544. The van der Waals surface area contributed by atoms with E-state index >= 15 is 0 Å². The lowest BCUT2D eigenvalue weighted by Gasteiger charge is -2.15. The zero-order valence-electron chi connectivity index (χ0n) is 16.3. The molecule has 0 aromatic heterocycles. The SMILES string of the molecule is C=CC(=O)OCCOCCNC(=O)Oc1c(C)cc(OCCO)c2ccccc12. The van der Waals surface area contributed by atoms with Crippen LogP contribution in [0.1, 0.15) is 5.56 Å². The highest BCUT2D eigenvalue weighted by atomic mass is 16.6. The molecule has 8 heteroatoms. The minimum absolute atomic E-state index is 0.0905. The minimum atomic E-state index is -0.607. The number of hydrogen-bond acceptors (Lipinski definition) is 7. The number of carbonyl (C=O) groups excluding carboxylic acids is 2. The van der Waals surface area contributed by atoms with Crippen LogP contribution >= 0.6 is 0 Å². The largest absolute Gasteiger partial charge is 0.491 e. The van der Waals surface area contributed by atoms with E-state index in [1.54, 1.807) is 6.07 Å². The number of nitrogens with one attached hydrogen (secondary N) is 1. The first-order valence-corrected chi connectivity index (χ1v) is 9.15. The number of amides is 1. The maximum Gasteiger partial charge on any atom is 0.412 e. The van der Waals surface area contributed by atoms with E-state index < -0.39 is 12.1 Å². The predicted molar refractivity (Wildman–Crippen MR) is 107 cm³/mol. The highest BCUT2D eigenvalue weighted by Crippen LogP contribution is 2.36. The van der Waals surface area contributed by atoms with Crippen molar-refractivity contribution in [2.45, 2.75) is 6.92 Å². The van der Waals surface area contributed by atoms with E-state index in [1.807, 2.05) is 31.2 Å². The van der Waals surface area contributed by atoms with Crippen LogP contribution in [-0.4, -0.2) is 56.7 Å². The Kier molecular flexibility index (Phi) is 8.94. The number of esters is 1. The van der Waals surface area contributed by atoms with E-state index in [0.717, 1.165) is 22.4 Å². The summed E-state index contributed by atoms with van der Waals surface area (Å²) in [7, 11) is 0. The van der Waals surface area contributed by atoms with Gasteiger partial charge >= 0.3 is 12.1 Å². The second-order valence-electron chi connectivity index (χ2n) is 5.94. The summed E-state index contributed by atoms with van der Waals surface area (Å²) in [6, 6.07) is 9.17. The van der Waals surface area contributed by atoms with Gasteiger partial charge in [-0.05, 0) is 18.6 Å². The molecule has 0 atom stereocenters. The van der Waals surface area contributed by atoms with E-state index in [9.17, 15) is 9.59 Å². The molecular formula is C21H25NO7. The molecule has 0 bridgehead atoms. The first-order valence-electron chi connectivity index (χ1n) is 9.15. The van der Waals surface area contributed by atoms with Crippen molar-refractivity contribution in [3.63, 3.8) is 0 Å². The monoisotopic (exact) mass is 403 g/mol. The molecule has 2 aromatic rings. The van der Waals surface area contributed by atoms with Gasteiger partial charge in [0.05, 0.1) is 19.8 Å². The Labute approximate surface area is 169 Å². The summed E-state index contributed by atoms with van der Waals surface area (Å²) in [5.41, 5.74) is 0.729. The second kappa shape index (κ2) is 11.7. The fourth-order valence-electron chi connectivity index (χ4n) is 2.58. The third-order valence-electron chi connectivity index (χ3n) is 3.84. The number of hydrogen-bond donors (Lipinski definition) is 2. The molecule has 1 amide bonds. The summed E-state index contributed by atoms with van der Waals surface area (Å²) < 4.78 is 21.1. The number of aliphatic hydroxyl groups is 1. The van der Waals surface area contributed by atoms with Crippen LogP contribution in [0.15, 0.2) is 43.0 Å². The molecule has 0 radical (unpaired) electrons. The lowest BCUT2D eigenvalue weighted by Crippen LogP contribution is -2.30. The zero-order chi connectivity index (χ0) is 21.1. The van der Waals surface area contributed by atoms with Gasteiger partial charge in [0, 0.05) is 23.4 Å². The van der Waals surface area contributed by atoms with Crippen molar-refractivity contribution in [1.82, 2.24) is 5.32 Å². The zero-order valence-corrected chi connectivity index (χ0v) is 16.3. The van der Waals surface area contributed by atoms with Crippen LogP contribution in [0.25, 0.3) is 10.8 Å². The molecule has 0 saturated carbocycles. The van der Waals surface area contributed by atoms with Gasteiger partial charge in [0.1, 0.15) is 24.7 Å². The summed E-state index contributed by atoms with van der Waals surface area (Å²) in [6.07, 6.45) is 0.470. The lowest BCUT2D eigenvalue weighted by atomic mass is 10.0. The van der Waals surface area contributed by atoms with Gasteiger partial charge in [-0.25, -0.2) is 9.59 Å². The number of rotatable bonds is 11. The molecule has 2 N–H and O–H groups in total. The Bertz CT molecular complexity index is 850. The molecule has 0 saturated heterocycles. The molecule has 0 spiro atoms. The lowest BCUT2D eigenvalue weighted by molar-refractivity contribution is -0.139.